The number of amides is 1. The molecule has 0 unspecified atom stereocenters. The number of halogens is 1. The summed E-state index contributed by atoms with van der Waals surface area (Å²) in [5.41, 5.74) is 3.03. The summed E-state index contributed by atoms with van der Waals surface area (Å²) in [7, 11) is -3.63. The van der Waals surface area contributed by atoms with Crippen LogP contribution in [0.2, 0.25) is 0 Å². The average Bonchev–Trinajstić information content (AvgIpc) is 3.03. The van der Waals surface area contributed by atoms with Crippen LogP contribution < -0.4 is 4.90 Å². The number of hydrogen-bond donors (Lipinski definition) is 0. The van der Waals surface area contributed by atoms with Crippen molar-refractivity contribution in [3.8, 4) is 0 Å². The van der Waals surface area contributed by atoms with Gasteiger partial charge in [-0.25, -0.2) is 8.42 Å². The van der Waals surface area contributed by atoms with Gasteiger partial charge in [0.05, 0.1) is 4.90 Å². The van der Waals surface area contributed by atoms with Gasteiger partial charge in [-0.1, -0.05) is 30.3 Å². The van der Waals surface area contributed by atoms with Gasteiger partial charge in [0.1, 0.15) is 0 Å². The molecule has 7 heteroatoms. The summed E-state index contributed by atoms with van der Waals surface area (Å²) in [5.74, 6) is 0.435. The number of piperidine rings is 1. The topological polar surface area (TPSA) is 57.7 Å². The van der Waals surface area contributed by atoms with Crippen LogP contribution in [0.5, 0.6) is 0 Å². The molecule has 1 saturated heterocycles. The van der Waals surface area contributed by atoms with Gasteiger partial charge < -0.3 is 4.90 Å². The average molecular weight is 491 g/mol. The van der Waals surface area contributed by atoms with Gasteiger partial charge in [-0.05, 0) is 77.7 Å². The first-order valence-corrected chi connectivity index (χ1v) is 12.7. The lowest BCUT2D eigenvalue weighted by Gasteiger charge is -2.32. The first-order chi connectivity index (χ1) is 14.3. The number of anilines is 1. The molecule has 5 nitrogen and oxygen atoms in total. The van der Waals surface area contributed by atoms with E-state index in [9.17, 15) is 13.2 Å². The lowest BCUT2D eigenvalue weighted by atomic mass is 9.91. The van der Waals surface area contributed by atoms with Crippen molar-refractivity contribution in [2.75, 3.05) is 18.0 Å². The number of sulfonamides is 1. The van der Waals surface area contributed by atoms with Crippen LogP contribution in [0.1, 0.15) is 37.8 Å². The summed E-state index contributed by atoms with van der Waals surface area (Å²) in [4.78, 5) is 14.1. The van der Waals surface area contributed by atoms with Gasteiger partial charge in [0.2, 0.25) is 15.9 Å². The second kappa shape index (κ2) is 8.44. The molecular formula is C23H27BrN2O3S. The first-order valence-electron chi connectivity index (χ1n) is 10.4. The summed E-state index contributed by atoms with van der Waals surface area (Å²) in [5, 5.41) is 0. The number of carbonyl (C=O) groups is 1. The van der Waals surface area contributed by atoms with Crippen LogP contribution in [0.3, 0.4) is 0 Å². The fraction of sp³-hybridized carbons (Fsp3) is 0.435. The van der Waals surface area contributed by atoms with Crippen LogP contribution in [-0.4, -0.2) is 37.8 Å². The van der Waals surface area contributed by atoms with Gasteiger partial charge in [0.25, 0.3) is 0 Å². The molecule has 0 saturated carbocycles. The van der Waals surface area contributed by atoms with E-state index in [0.29, 0.717) is 23.5 Å². The highest BCUT2D eigenvalue weighted by Gasteiger charge is 2.35. The summed E-state index contributed by atoms with van der Waals surface area (Å²) < 4.78 is 29.0. The van der Waals surface area contributed by atoms with Crippen LogP contribution in [0.15, 0.2) is 51.8 Å². The Kier molecular flexibility index (Phi) is 6.06. The highest BCUT2D eigenvalue weighted by atomic mass is 79.9. The van der Waals surface area contributed by atoms with Crippen LogP contribution in [0, 0.1) is 5.92 Å². The molecule has 0 radical (unpaired) electrons. The quantitative estimate of drug-likeness (QED) is 0.638. The Morgan fingerprint density at radius 2 is 1.80 bits per heavy atom. The van der Waals surface area contributed by atoms with Gasteiger partial charge in [-0.3, -0.25) is 4.79 Å². The van der Waals surface area contributed by atoms with Crippen molar-refractivity contribution in [1.29, 1.82) is 0 Å². The van der Waals surface area contributed by atoms with Crippen molar-refractivity contribution in [2.45, 2.75) is 50.5 Å². The zero-order chi connectivity index (χ0) is 21.5. The Balaban J connectivity index is 1.53. The normalized spacial score (nSPS) is 20.4. The van der Waals surface area contributed by atoms with Crippen molar-refractivity contribution in [3.63, 3.8) is 0 Å². The van der Waals surface area contributed by atoms with Gasteiger partial charge in [-0.15, -0.1) is 0 Å². The molecule has 4 rings (SSSR count). The molecule has 1 fully saturated rings. The molecule has 2 heterocycles. The van der Waals surface area contributed by atoms with Crippen molar-refractivity contribution in [3.05, 3.63) is 58.1 Å². The second-order valence-electron chi connectivity index (χ2n) is 8.39. The summed E-state index contributed by atoms with van der Waals surface area (Å²) in [6.07, 6.45) is 3.43. The Morgan fingerprint density at radius 1 is 1.13 bits per heavy atom. The SMILES string of the molecule is CC(=O)N1c2cc(S(=O)(=O)N3CCC(Cc4ccccc4)CC3)c(Br)cc2C[C@H]1C. The van der Waals surface area contributed by atoms with Gasteiger partial charge in [0.15, 0.2) is 0 Å². The fourth-order valence-corrected chi connectivity index (χ4v) is 7.28. The minimum absolute atomic E-state index is 0.0380. The maximum Gasteiger partial charge on any atom is 0.244 e. The molecule has 0 aliphatic carbocycles. The summed E-state index contributed by atoms with van der Waals surface area (Å²) >= 11 is 3.48. The van der Waals surface area contributed by atoms with E-state index in [1.807, 2.05) is 31.2 Å². The molecule has 2 aliphatic heterocycles. The number of benzene rings is 2. The van der Waals surface area contributed by atoms with E-state index in [-0.39, 0.29) is 16.8 Å². The lowest BCUT2D eigenvalue weighted by molar-refractivity contribution is -0.116. The second-order valence-corrected chi connectivity index (χ2v) is 11.2. The van der Waals surface area contributed by atoms with Crippen molar-refractivity contribution in [2.24, 2.45) is 5.92 Å². The predicted molar refractivity (Wildman–Crippen MR) is 122 cm³/mol. The highest BCUT2D eigenvalue weighted by Crippen LogP contribution is 2.39. The maximum absolute atomic E-state index is 13.4. The Hall–Kier alpha value is -1.70. The Bertz CT molecular complexity index is 1050. The number of rotatable bonds is 4. The molecule has 0 N–H and O–H groups in total. The van der Waals surface area contributed by atoms with E-state index in [2.05, 4.69) is 28.1 Å². The lowest BCUT2D eigenvalue weighted by Crippen LogP contribution is -2.39. The number of carbonyl (C=O) groups excluding carboxylic acids is 1. The molecule has 0 spiro atoms. The Morgan fingerprint density at radius 3 is 2.43 bits per heavy atom. The summed E-state index contributed by atoms with van der Waals surface area (Å²) in [6, 6.07) is 14.0. The Labute approximate surface area is 187 Å². The monoisotopic (exact) mass is 490 g/mol. The molecule has 160 valence electrons. The first kappa shape index (κ1) is 21.5. The third-order valence-electron chi connectivity index (χ3n) is 6.25. The van der Waals surface area contributed by atoms with Gasteiger partial charge in [-0.2, -0.15) is 4.31 Å². The zero-order valence-corrected chi connectivity index (χ0v) is 19.7. The molecule has 2 aliphatic rings. The van der Waals surface area contributed by atoms with Crippen molar-refractivity contribution in [1.82, 2.24) is 4.31 Å². The maximum atomic E-state index is 13.4. The summed E-state index contributed by atoms with van der Waals surface area (Å²) in [6.45, 7) is 4.56. The van der Waals surface area contributed by atoms with Crippen LogP contribution >= 0.6 is 15.9 Å². The van der Waals surface area contributed by atoms with Crippen molar-refractivity contribution < 1.29 is 13.2 Å². The predicted octanol–water partition coefficient (Wildman–Crippen LogP) is 4.39. The standard InChI is InChI=1S/C23H27BrN2O3S/c1-16-12-20-14-21(24)23(15-22(20)26(16)17(2)27)30(28,29)25-10-8-19(9-11-25)13-18-6-4-3-5-7-18/h3-7,14-16,19H,8-13H2,1-2H3/t16-/m1/s1. The van der Waals surface area contributed by atoms with Crippen molar-refractivity contribution >= 4 is 37.5 Å². The van der Waals surface area contributed by atoms with Crippen LogP contribution in [0.4, 0.5) is 5.69 Å². The largest absolute Gasteiger partial charge is 0.309 e. The molecule has 30 heavy (non-hydrogen) atoms. The zero-order valence-electron chi connectivity index (χ0n) is 17.3. The molecular weight excluding hydrogens is 464 g/mol. The third-order valence-corrected chi connectivity index (χ3v) is 9.10. The molecule has 0 aromatic heterocycles. The minimum atomic E-state index is -3.63. The number of nitrogens with zero attached hydrogens (tertiary/aromatic N) is 2. The van der Waals surface area contributed by atoms with Gasteiger partial charge in [0, 0.05) is 36.2 Å². The third kappa shape index (κ3) is 4.07. The highest BCUT2D eigenvalue weighted by molar-refractivity contribution is 9.10. The van der Waals surface area contributed by atoms with E-state index in [1.54, 1.807) is 15.3 Å². The van der Waals surface area contributed by atoms with E-state index < -0.39 is 10.0 Å². The fourth-order valence-electron chi connectivity index (χ4n) is 4.74. The number of fused-ring (bicyclic) bond motifs is 1. The number of hydrogen-bond acceptors (Lipinski definition) is 3. The van der Waals surface area contributed by atoms with Gasteiger partial charge >= 0.3 is 0 Å². The van der Waals surface area contributed by atoms with E-state index in [4.69, 9.17) is 0 Å². The van der Waals surface area contributed by atoms with Crippen LogP contribution in [-0.2, 0) is 27.7 Å². The molecule has 0 bridgehead atoms. The molecule has 2 aromatic carbocycles. The van der Waals surface area contributed by atoms with E-state index in [0.717, 1.165) is 36.9 Å². The molecule has 1 atom stereocenters. The minimum Gasteiger partial charge on any atom is -0.309 e. The smallest absolute Gasteiger partial charge is 0.244 e. The van der Waals surface area contributed by atoms with Crippen LogP contribution in [0.25, 0.3) is 0 Å². The molecule has 2 aromatic rings. The van der Waals surface area contributed by atoms with E-state index in [1.165, 1.54) is 12.5 Å². The van der Waals surface area contributed by atoms with E-state index >= 15 is 0 Å². The molecule has 1 amide bonds.